The highest BCUT2D eigenvalue weighted by atomic mass is 16.5. The molecule has 0 radical (unpaired) electrons. The second-order valence-electron chi connectivity index (χ2n) is 3.75. The Labute approximate surface area is 108 Å². The van der Waals surface area contributed by atoms with Gasteiger partial charge in [-0.15, -0.1) is 0 Å². The van der Waals surface area contributed by atoms with E-state index in [1.165, 1.54) is 18.2 Å². The topological polar surface area (TPSA) is 81.2 Å². The van der Waals surface area contributed by atoms with E-state index in [0.29, 0.717) is 17.9 Å². The predicted molar refractivity (Wildman–Crippen MR) is 68.6 cm³/mol. The number of hydrogen-bond donors (Lipinski definition) is 1. The quantitative estimate of drug-likeness (QED) is 0.824. The van der Waals surface area contributed by atoms with Gasteiger partial charge < -0.3 is 4.74 Å². The van der Waals surface area contributed by atoms with Gasteiger partial charge in [0.25, 0.3) is 11.1 Å². The van der Waals surface area contributed by atoms with Gasteiger partial charge in [-0.05, 0) is 31.2 Å². The van der Waals surface area contributed by atoms with Crippen molar-refractivity contribution in [2.75, 3.05) is 6.61 Å². The molecule has 0 unspecified atom stereocenters. The minimum Gasteiger partial charge on any atom is -0.462 e. The Kier molecular flexibility index (Phi) is 3.61. The first-order valence-electron chi connectivity index (χ1n) is 5.72. The van der Waals surface area contributed by atoms with Gasteiger partial charge in [-0.3, -0.25) is 14.7 Å². The first-order chi connectivity index (χ1) is 9.11. The van der Waals surface area contributed by atoms with E-state index in [9.17, 15) is 14.4 Å². The zero-order valence-electron chi connectivity index (χ0n) is 10.3. The Morgan fingerprint density at radius 2 is 1.84 bits per heavy atom. The highest BCUT2D eigenvalue weighted by molar-refractivity contribution is 5.89. The number of hydrogen-bond acceptors (Lipinski definition) is 4. The van der Waals surface area contributed by atoms with Gasteiger partial charge in [0, 0.05) is 12.1 Å². The van der Waals surface area contributed by atoms with Crippen LogP contribution in [-0.2, 0) is 4.74 Å². The van der Waals surface area contributed by atoms with Crippen molar-refractivity contribution in [2.45, 2.75) is 6.92 Å². The summed E-state index contributed by atoms with van der Waals surface area (Å²) in [7, 11) is 0. The summed E-state index contributed by atoms with van der Waals surface area (Å²) in [6, 6.07) is 8.52. The summed E-state index contributed by atoms with van der Waals surface area (Å²) in [4.78, 5) is 34.2. The van der Waals surface area contributed by atoms with E-state index in [4.69, 9.17) is 4.74 Å². The molecule has 1 N–H and O–H groups in total. The molecule has 0 aliphatic rings. The van der Waals surface area contributed by atoms with Gasteiger partial charge in [0.15, 0.2) is 0 Å². The van der Waals surface area contributed by atoms with Crippen LogP contribution in [0, 0.1) is 0 Å². The molecule has 98 valence electrons. The third-order valence-electron chi connectivity index (χ3n) is 2.46. The van der Waals surface area contributed by atoms with Crippen molar-refractivity contribution in [2.24, 2.45) is 0 Å². The first kappa shape index (κ1) is 12.8. The molecule has 6 nitrogen and oxygen atoms in total. The van der Waals surface area contributed by atoms with Gasteiger partial charge in [0.05, 0.1) is 17.9 Å². The third-order valence-corrected chi connectivity index (χ3v) is 2.46. The van der Waals surface area contributed by atoms with E-state index in [2.05, 4.69) is 5.10 Å². The van der Waals surface area contributed by atoms with Crippen LogP contribution in [0.2, 0.25) is 0 Å². The molecule has 0 spiro atoms. The maximum absolute atomic E-state index is 11.6. The molecule has 0 bridgehead atoms. The molecule has 0 atom stereocenters. The average molecular weight is 260 g/mol. The summed E-state index contributed by atoms with van der Waals surface area (Å²) in [6.45, 7) is 2.02. The number of benzene rings is 1. The molecule has 0 saturated heterocycles. The number of aromatic amines is 1. The minimum absolute atomic E-state index is 0.298. The molecule has 2 aromatic rings. The summed E-state index contributed by atoms with van der Waals surface area (Å²) in [6.07, 6.45) is 0. The zero-order valence-corrected chi connectivity index (χ0v) is 10.3. The van der Waals surface area contributed by atoms with E-state index in [1.54, 1.807) is 19.1 Å². The number of aromatic nitrogens is 2. The second kappa shape index (κ2) is 5.34. The van der Waals surface area contributed by atoms with Crippen molar-refractivity contribution in [3.8, 4) is 5.69 Å². The van der Waals surface area contributed by atoms with Gasteiger partial charge in [-0.2, -0.15) is 0 Å². The fourth-order valence-electron chi connectivity index (χ4n) is 1.58. The summed E-state index contributed by atoms with van der Waals surface area (Å²) in [5, 5.41) is 2.40. The van der Waals surface area contributed by atoms with E-state index in [0.717, 1.165) is 10.7 Å². The van der Waals surface area contributed by atoms with Crippen LogP contribution in [-0.4, -0.2) is 22.4 Å². The molecule has 2 rings (SSSR count). The lowest BCUT2D eigenvalue weighted by molar-refractivity contribution is 0.0526. The third kappa shape index (κ3) is 2.79. The highest BCUT2D eigenvalue weighted by Crippen LogP contribution is 2.07. The van der Waals surface area contributed by atoms with Crippen LogP contribution >= 0.6 is 0 Å². The molecule has 6 heteroatoms. The van der Waals surface area contributed by atoms with Crippen molar-refractivity contribution >= 4 is 5.97 Å². The van der Waals surface area contributed by atoms with Gasteiger partial charge in [-0.25, -0.2) is 9.48 Å². The van der Waals surface area contributed by atoms with E-state index < -0.39 is 5.97 Å². The highest BCUT2D eigenvalue weighted by Gasteiger charge is 2.07. The number of carbonyl (C=O) groups excluding carboxylic acids is 1. The van der Waals surface area contributed by atoms with Crippen LogP contribution in [0.25, 0.3) is 5.69 Å². The summed E-state index contributed by atoms with van der Waals surface area (Å²) >= 11 is 0. The molecule has 1 aromatic heterocycles. The number of nitrogens with zero attached hydrogens (tertiary/aromatic N) is 1. The molecule has 1 aromatic carbocycles. The van der Waals surface area contributed by atoms with Gasteiger partial charge in [0.2, 0.25) is 0 Å². The van der Waals surface area contributed by atoms with E-state index >= 15 is 0 Å². The lowest BCUT2D eigenvalue weighted by Gasteiger charge is -2.06. The molecule has 0 fully saturated rings. The summed E-state index contributed by atoms with van der Waals surface area (Å²) in [5.41, 5.74) is 0.116. The molecule has 0 saturated carbocycles. The maximum atomic E-state index is 11.6. The molecule has 0 aliphatic heterocycles. The van der Waals surface area contributed by atoms with Gasteiger partial charge >= 0.3 is 5.97 Å². The lowest BCUT2D eigenvalue weighted by Crippen LogP contribution is -2.26. The van der Waals surface area contributed by atoms with Crippen molar-refractivity contribution in [1.82, 2.24) is 9.78 Å². The van der Waals surface area contributed by atoms with Crippen molar-refractivity contribution < 1.29 is 9.53 Å². The minimum atomic E-state index is -0.428. The van der Waals surface area contributed by atoms with Gasteiger partial charge in [0.1, 0.15) is 0 Å². The monoisotopic (exact) mass is 260 g/mol. The molecule has 19 heavy (non-hydrogen) atoms. The number of ether oxygens (including phenoxy) is 1. The SMILES string of the molecule is CCOC(=O)c1ccc(-n2[nH]c(=O)ccc2=O)cc1. The smallest absolute Gasteiger partial charge is 0.338 e. The molecule has 0 aliphatic carbocycles. The standard InChI is InChI=1S/C13H12N2O4/c1-2-19-13(18)9-3-5-10(6-4-9)15-12(17)8-7-11(16)14-15/h3-8H,2H2,1H3,(H,14,16). The van der Waals surface area contributed by atoms with Crippen LogP contribution < -0.4 is 11.1 Å². The Bertz CT molecular complexity index is 698. The Hall–Kier alpha value is -2.63. The largest absolute Gasteiger partial charge is 0.462 e. The normalized spacial score (nSPS) is 10.2. The number of rotatable bonds is 3. The van der Waals surface area contributed by atoms with E-state index in [1.807, 2.05) is 0 Å². The summed E-state index contributed by atoms with van der Waals surface area (Å²) in [5.74, 6) is -0.428. The van der Waals surface area contributed by atoms with Crippen LogP contribution in [0.3, 0.4) is 0 Å². The molecular weight excluding hydrogens is 248 g/mol. The van der Waals surface area contributed by atoms with Crippen molar-refractivity contribution in [3.05, 3.63) is 62.7 Å². The molecule has 1 heterocycles. The van der Waals surface area contributed by atoms with Gasteiger partial charge in [-0.1, -0.05) is 0 Å². The number of esters is 1. The Morgan fingerprint density at radius 1 is 1.16 bits per heavy atom. The van der Waals surface area contributed by atoms with Crippen LogP contribution in [0.1, 0.15) is 17.3 Å². The first-order valence-corrected chi connectivity index (χ1v) is 5.72. The lowest BCUT2D eigenvalue weighted by atomic mass is 10.2. The fourth-order valence-corrected chi connectivity index (χ4v) is 1.58. The Balaban J connectivity index is 2.38. The second-order valence-corrected chi connectivity index (χ2v) is 3.75. The average Bonchev–Trinajstić information content (AvgIpc) is 2.42. The molecule has 0 amide bonds. The zero-order chi connectivity index (χ0) is 13.8. The number of H-pyrrole nitrogens is 1. The van der Waals surface area contributed by atoms with E-state index in [-0.39, 0.29) is 11.1 Å². The number of nitrogens with one attached hydrogen (secondary N) is 1. The Morgan fingerprint density at radius 3 is 2.47 bits per heavy atom. The fraction of sp³-hybridized carbons (Fsp3) is 0.154. The number of carbonyl (C=O) groups is 1. The summed E-state index contributed by atoms with van der Waals surface area (Å²) < 4.78 is 5.96. The van der Waals surface area contributed by atoms with Crippen molar-refractivity contribution in [3.63, 3.8) is 0 Å². The molecular formula is C13H12N2O4. The van der Waals surface area contributed by atoms with Crippen LogP contribution in [0.4, 0.5) is 0 Å². The predicted octanol–water partition coefficient (Wildman–Crippen LogP) is 0.702. The van der Waals surface area contributed by atoms with Crippen LogP contribution in [0.5, 0.6) is 0 Å². The van der Waals surface area contributed by atoms with Crippen molar-refractivity contribution in [1.29, 1.82) is 0 Å². The van der Waals surface area contributed by atoms with Crippen LogP contribution in [0.15, 0.2) is 46.0 Å². The maximum Gasteiger partial charge on any atom is 0.338 e.